The Balaban J connectivity index is 1.39. The van der Waals surface area contributed by atoms with E-state index in [1.54, 1.807) is 28.8 Å². The molecular formula is C20H19N5O2S. The highest BCUT2D eigenvalue weighted by Crippen LogP contribution is 2.25. The van der Waals surface area contributed by atoms with Gasteiger partial charge in [0.05, 0.1) is 0 Å². The van der Waals surface area contributed by atoms with E-state index in [4.69, 9.17) is 0 Å². The predicted octanol–water partition coefficient (Wildman–Crippen LogP) is 3.48. The molecule has 2 N–H and O–H groups in total. The van der Waals surface area contributed by atoms with Crippen molar-refractivity contribution in [2.45, 2.75) is 23.8 Å². The second-order valence-electron chi connectivity index (χ2n) is 6.43. The van der Waals surface area contributed by atoms with E-state index in [-0.39, 0.29) is 11.8 Å². The first-order chi connectivity index (χ1) is 13.7. The molecule has 1 aromatic heterocycles. The van der Waals surface area contributed by atoms with E-state index in [1.807, 2.05) is 36.4 Å². The zero-order valence-electron chi connectivity index (χ0n) is 15.1. The summed E-state index contributed by atoms with van der Waals surface area (Å²) in [4.78, 5) is 30.3. The average molecular weight is 393 g/mol. The third-order valence-electron chi connectivity index (χ3n) is 4.47. The Kier molecular flexibility index (Phi) is 5.38. The molecule has 0 atom stereocenters. The number of anilines is 2. The highest BCUT2D eigenvalue weighted by atomic mass is 32.2. The van der Waals surface area contributed by atoms with Gasteiger partial charge >= 0.3 is 0 Å². The number of rotatable bonds is 6. The Morgan fingerprint density at radius 2 is 2.07 bits per heavy atom. The predicted molar refractivity (Wildman–Crippen MR) is 108 cm³/mol. The van der Waals surface area contributed by atoms with Gasteiger partial charge in [0.2, 0.25) is 5.91 Å². The number of aromatic amines is 1. The van der Waals surface area contributed by atoms with E-state index in [9.17, 15) is 9.59 Å². The molecular weight excluding hydrogens is 374 g/mol. The van der Waals surface area contributed by atoms with Gasteiger partial charge in [0.15, 0.2) is 5.16 Å². The molecule has 0 spiro atoms. The van der Waals surface area contributed by atoms with Gasteiger partial charge in [0.25, 0.3) is 5.91 Å². The molecule has 2 aromatic carbocycles. The van der Waals surface area contributed by atoms with Crippen LogP contribution in [0.3, 0.4) is 0 Å². The molecule has 0 aliphatic carbocycles. The van der Waals surface area contributed by atoms with Crippen molar-refractivity contribution >= 4 is 35.0 Å². The van der Waals surface area contributed by atoms with Crippen LogP contribution in [0, 0.1) is 0 Å². The fraction of sp³-hybridized carbons (Fsp3) is 0.200. The van der Waals surface area contributed by atoms with E-state index >= 15 is 0 Å². The first-order valence-corrected chi connectivity index (χ1v) is 9.96. The van der Waals surface area contributed by atoms with Gasteiger partial charge in [0, 0.05) is 35.7 Å². The summed E-state index contributed by atoms with van der Waals surface area (Å²) in [6.45, 7) is 0.726. The zero-order valence-corrected chi connectivity index (χ0v) is 15.9. The molecule has 2 heterocycles. The monoisotopic (exact) mass is 393 g/mol. The summed E-state index contributed by atoms with van der Waals surface area (Å²) in [5, 5.41) is 10.3. The van der Waals surface area contributed by atoms with E-state index in [2.05, 4.69) is 20.5 Å². The SMILES string of the molecule is O=C(Nc1cccc(N2CCCC2=O)c1)c1ccc(CSc2ncn[nH]2)cc1. The molecule has 1 fully saturated rings. The number of hydrogen-bond donors (Lipinski definition) is 2. The van der Waals surface area contributed by atoms with Crippen LogP contribution in [0.2, 0.25) is 0 Å². The average Bonchev–Trinajstić information content (AvgIpc) is 3.38. The highest BCUT2D eigenvalue weighted by Gasteiger charge is 2.21. The molecule has 0 radical (unpaired) electrons. The lowest BCUT2D eigenvalue weighted by atomic mass is 10.1. The van der Waals surface area contributed by atoms with Crippen molar-refractivity contribution in [3.8, 4) is 0 Å². The van der Waals surface area contributed by atoms with E-state index in [0.29, 0.717) is 17.7 Å². The second-order valence-corrected chi connectivity index (χ2v) is 7.39. The molecule has 0 bridgehead atoms. The number of benzene rings is 2. The normalized spacial score (nSPS) is 13.7. The van der Waals surface area contributed by atoms with Gasteiger partial charge < -0.3 is 10.2 Å². The Bertz CT molecular complexity index is 973. The van der Waals surface area contributed by atoms with Crippen molar-refractivity contribution in [3.63, 3.8) is 0 Å². The fourth-order valence-corrected chi connectivity index (χ4v) is 3.78. The Morgan fingerprint density at radius 1 is 1.21 bits per heavy atom. The summed E-state index contributed by atoms with van der Waals surface area (Å²) >= 11 is 1.55. The van der Waals surface area contributed by atoms with E-state index in [1.165, 1.54) is 6.33 Å². The molecule has 3 aromatic rings. The third-order valence-corrected chi connectivity index (χ3v) is 5.42. The van der Waals surface area contributed by atoms with Crippen LogP contribution in [-0.2, 0) is 10.5 Å². The lowest BCUT2D eigenvalue weighted by molar-refractivity contribution is -0.117. The van der Waals surface area contributed by atoms with Gasteiger partial charge in [-0.1, -0.05) is 30.0 Å². The summed E-state index contributed by atoms with van der Waals surface area (Å²) in [7, 11) is 0. The van der Waals surface area contributed by atoms with Crippen molar-refractivity contribution in [2.24, 2.45) is 0 Å². The van der Waals surface area contributed by atoms with Crippen LogP contribution in [0.4, 0.5) is 11.4 Å². The van der Waals surface area contributed by atoms with Crippen molar-refractivity contribution in [1.82, 2.24) is 15.2 Å². The maximum atomic E-state index is 12.5. The molecule has 142 valence electrons. The van der Waals surface area contributed by atoms with Crippen LogP contribution < -0.4 is 10.2 Å². The van der Waals surface area contributed by atoms with Crippen molar-refractivity contribution in [3.05, 3.63) is 66.0 Å². The maximum absolute atomic E-state index is 12.5. The number of H-pyrrole nitrogens is 1. The van der Waals surface area contributed by atoms with Gasteiger partial charge in [0.1, 0.15) is 6.33 Å². The molecule has 7 nitrogen and oxygen atoms in total. The number of hydrogen-bond acceptors (Lipinski definition) is 5. The number of aromatic nitrogens is 3. The fourth-order valence-electron chi connectivity index (χ4n) is 3.04. The minimum absolute atomic E-state index is 0.127. The van der Waals surface area contributed by atoms with Crippen LogP contribution in [-0.4, -0.2) is 33.5 Å². The van der Waals surface area contributed by atoms with Crippen LogP contribution in [0.15, 0.2) is 60.0 Å². The van der Waals surface area contributed by atoms with Crippen molar-refractivity contribution in [1.29, 1.82) is 0 Å². The number of amides is 2. The minimum atomic E-state index is -0.181. The summed E-state index contributed by atoms with van der Waals surface area (Å²) in [5.74, 6) is 0.685. The lowest BCUT2D eigenvalue weighted by Gasteiger charge is -2.16. The summed E-state index contributed by atoms with van der Waals surface area (Å²) in [6, 6.07) is 14.9. The van der Waals surface area contributed by atoms with Gasteiger partial charge in [-0.2, -0.15) is 5.10 Å². The molecule has 1 aliphatic rings. The smallest absolute Gasteiger partial charge is 0.255 e. The number of carbonyl (C=O) groups excluding carboxylic acids is 2. The van der Waals surface area contributed by atoms with Crippen LogP contribution in [0.25, 0.3) is 0 Å². The molecule has 8 heteroatoms. The first kappa shape index (κ1) is 18.2. The number of thioether (sulfide) groups is 1. The highest BCUT2D eigenvalue weighted by molar-refractivity contribution is 7.98. The summed E-state index contributed by atoms with van der Waals surface area (Å²) < 4.78 is 0. The zero-order chi connectivity index (χ0) is 19.3. The molecule has 0 saturated carbocycles. The van der Waals surface area contributed by atoms with Gasteiger partial charge in [-0.05, 0) is 42.3 Å². The first-order valence-electron chi connectivity index (χ1n) is 8.98. The third kappa shape index (κ3) is 4.23. The summed E-state index contributed by atoms with van der Waals surface area (Å²) in [5.41, 5.74) is 3.16. The topological polar surface area (TPSA) is 91.0 Å². The number of nitrogens with one attached hydrogen (secondary N) is 2. The van der Waals surface area contributed by atoms with E-state index < -0.39 is 0 Å². The second kappa shape index (κ2) is 8.26. The number of nitrogens with zero attached hydrogens (tertiary/aromatic N) is 3. The standard InChI is InChI=1S/C20H19N5O2S/c26-18-5-2-10-25(18)17-4-1-3-16(11-17)23-19(27)15-8-6-14(7-9-15)12-28-20-21-13-22-24-20/h1,3-4,6-9,11,13H,2,5,10,12H2,(H,23,27)(H,21,22,24). The maximum Gasteiger partial charge on any atom is 0.255 e. The largest absolute Gasteiger partial charge is 0.322 e. The Morgan fingerprint density at radius 3 is 2.79 bits per heavy atom. The van der Waals surface area contributed by atoms with E-state index in [0.717, 1.165) is 35.1 Å². The Hall–Kier alpha value is -3.13. The molecule has 1 aliphatic heterocycles. The minimum Gasteiger partial charge on any atom is -0.322 e. The van der Waals surface area contributed by atoms with Gasteiger partial charge in [-0.25, -0.2) is 4.98 Å². The van der Waals surface area contributed by atoms with Crippen LogP contribution in [0.1, 0.15) is 28.8 Å². The lowest BCUT2D eigenvalue weighted by Crippen LogP contribution is -2.23. The molecule has 2 amide bonds. The van der Waals surface area contributed by atoms with Crippen molar-refractivity contribution in [2.75, 3.05) is 16.8 Å². The van der Waals surface area contributed by atoms with Crippen molar-refractivity contribution < 1.29 is 9.59 Å². The molecule has 1 saturated heterocycles. The number of carbonyl (C=O) groups is 2. The molecule has 28 heavy (non-hydrogen) atoms. The van der Waals surface area contributed by atoms with Crippen LogP contribution >= 0.6 is 11.8 Å². The van der Waals surface area contributed by atoms with Gasteiger partial charge in [-0.15, -0.1) is 0 Å². The van der Waals surface area contributed by atoms with Gasteiger partial charge in [-0.3, -0.25) is 14.7 Å². The van der Waals surface area contributed by atoms with Crippen LogP contribution in [0.5, 0.6) is 0 Å². The Labute approximate surface area is 166 Å². The molecule has 0 unspecified atom stereocenters. The quantitative estimate of drug-likeness (QED) is 0.626. The summed E-state index contributed by atoms with van der Waals surface area (Å²) in [6.07, 6.45) is 2.93. The molecule has 4 rings (SSSR count).